The lowest BCUT2D eigenvalue weighted by Crippen LogP contribution is -2.29. The highest BCUT2D eigenvalue weighted by atomic mass is 16.5. The van der Waals surface area contributed by atoms with E-state index < -0.39 is 0 Å². The molecule has 0 unspecified atom stereocenters. The molecule has 1 aromatic rings. The molecule has 5 nitrogen and oxygen atoms in total. The van der Waals surface area contributed by atoms with Gasteiger partial charge in [-0.25, -0.2) is 4.79 Å². The third-order valence-corrected chi connectivity index (χ3v) is 2.57. The first-order chi connectivity index (χ1) is 8.08. The predicted octanol–water partition coefficient (Wildman–Crippen LogP) is 2.26. The summed E-state index contributed by atoms with van der Waals surface area (Å²) in [6.07, 6.45) is 1.66. The molecule has 0 aliphatic carbocycles. The molecule has 1 aliphatic rings. The van der Waals surface area contributed by atoms with Crippen LogP contribution in [0, 0.1) is 6.92 Å². The standard InChI is InChI=1S/C12H15N3O2/c1-8-4-3-5-10(13)11(8)14-12(16)15-6-9(2)17-7-15/h3-6H,7,13H2,1-2H3,(H,14,16). The molecule has 90 valence electrons. The second-order valence-corrected chi connectivity index (χ2v) is 3.95. The highest BCUT2D eigenvalue weighted by Gasteiger charge is 2.18. The SMILES string of the molecule is CC1=CN(C(=O)Nc2c(C)cccc2N)CO1. The van der Waals surface area contributed by atoms with E-state index in [0.29, 0.717) is 11.4 Å². The number of nitrogen functional groups attached to an aromatic ring is 1. The number of nitrogens with one attached hydrogen (secondary N) is 1. The first kappa shape index (κ1) is 11.3. The third kappa shape index (κ3) is 2.33. The van der Waals surface area contributed by atoms with Gasteiger partial charge >= 0.3 is 6.03 Å². The second-order valence-electron chi connectivity index (χ2n) is 3.95. The van der Waals surface area contributed by atoms with E-state index in [2.05, 4.69) is 5.32 Å². The topological polar surface area (TPSA) is 67.6 Å². The fraction of sp³-hybridized carbons (Fsp3) is 0.250. The van der Waals surface area contributed by atoms with Gasteiger partial charge in [-0.05, 0) is 25.5 Å². The van der Waals surface area contributed by atoms with Crippen LogP contribution in [0.1, 0.15) is 12.5 Å². The molecule has 1 aromatic carbocycles. The summed E-state index contributed by atoms with van der Waals surface area (Å²) < 4.78 is 5.18. The van der Waals surface area contributed by atoms with E-state index >= 15 is 0 Å². The number of para-hydroxylation sites is 1. The van der Waals surface area contributed by atoms with Crippen LogP contribution < -0.4 is 11.1 Å². The van der Waals surface area contributed by atoms with E-state index in [1.807, 2.05) is 19.1 Å². The number of aryl methyl sites for hydroxylation is 1. The summed E-state index contributed by atoms with van der Waals surface area (Å²) in [5, 5.41) is 2.78. The van der Waals surface area contributed by atoms with Crippen LogP contribution in [0.2, 0.25) is 0 Å². The van der Waals surface area contributed by atoms with E-state index in [-0.39, 0.29) is 12.8 Å². The molecule has 0 saturated carbocycles. The zero-order valence-corrected chi connectivity index (χ0v) is 9.86. The number of nitrogens with two attached hydrogens (primary N) is 1. The number of ether oxygens (including phenoxy) is 1. The van der Waals surface area contributed by atoms with Gasteiger partial charge in [0.2, 0.25) is 0 Å². The number of urea groups is 1. The second kappa shape index (κ2) is 4.37. The van der Waals surface area contributed by atoms with Gasteiger partial charge < -0.3 is 15.8 Å². The number of carbonyl (C=O) groups is 1. The maximum Gasteiger partial charge on any atom is 0.328 e. The van der Waals surface area contributed by atoms with Gasteiger partial charge in [0.05, 0.1) is 11.4 Å². The van der Waals surface area contributed by atoms with Gasteiger partial charge in [0.15, 0.2) is 6.73 Å². The van der Waals surface area contributed by atoms with Gasteiger partial charge in [0.25, 0.3) is 0 Å². The number of hydrogen-bond donors (Lipinski definition) is 2. The Hall–Kier alpha value is -2.17. The van der Waals surface area contributed by atoms with Crippen LogP contribution in [0.3, 0.4) is 0 Å². The molecule has 17 heavy (non-hydrogen) atoms. The molecule has 2 amide bonds. The number of amides is 2. The van der Waals surface area contributed by atoms with Crippen molar-refractivity contribution in [2.24, 2.45) is 0 Å². The summed E-state index contributed by atoms with van der Waals surface area (Å²) in [5.41, 5.74) is 7.95. The van der Waals surface area contributed by atoms with Crippen LogP contribution in [0.25, 0.3) is 0 Å². The lowest BCUT2D eigenvalue weighted by Gasteiger charge is -2.15. The lowest BCUT2D eigenvalue weighted by atomic mass is 10.2. The highest BCUT2D eigenvalue weighted by molar-refractivity contribution is 5.94. The molecule has 5 heteroatoms. The average molecular weight is 233 g/mol. The van der Waals surface area contributed by atoms with Gasteiger partial charge in [0, 0.05) is 6.20 Å². The monoisotopic (exact) mass is 233 g/mol. The molecule has 1 heterocycles. The first-order valence-corrected chi connectivity index (χ1v) is 5.32. The summed E-state index contributed by atoms with van der Waals surface area (Å²) in [6.45, 7) is 3.94. The quantitative estimate of drug-likeness (QED) is 0.731. The highest BCUT2D eigenvalue weighted by Crippen LogP contribution is 2.23. The molecule has 2 rings (SSSR count). The molecular formula is C12H15N3O2. The number of nitrogens with zero attached hydrogens (tertiary/aromatic N) is 1. The van der Waals surface area contributed by atoms with E-state index in [4.69, 9.17) is 10.5 Å². The Bertz CT molecular complexity index is 462. The van der Waals surface area contributed by atoms with Crippen LogP contribution in [-0.2, 0) is 4.74 Å². The van der Waals surface area contributed by atoms with Gasteiger partial charge in [0.1, 0.15) is 5.76 Å². The predicted molar refractivity (Wildman–Crippen MR) is 66.2 cm³/mol. The molecule has 0 bridgehead atoms. The van der Waals surface area contributed by atoms with Gasteiger partial charge in [-0.3, -0.25) is 4.90 Å². The molecule has 3 N–H and O–H groups in total. The molecule has 0 aromatic heterocycles. The minimum Gasteiger partial charge on any atom is -0.476 e. The Labute approximate surface area is 99.9 Å². The molecule has 1 aliphatic heterocycles. The minimum absolute atomic E-state index is 0.240. The van der Waals surface area contributed by atoms with E-state index in [9.17, 15) is 4.79 Å². The number of benzene rings is 1. The fourth-order valence-corrected chi connectivity index (χ4v) is 1.62. The van der Waals surface area contributed by atoms with E-state index in [1.54, 1.807) is 19.2 Å². The van der Waals surface area contributed by atoms with Crippen molar-refractivity contribution in [2.75, 3.05) is 17.8 Å². The Morgan fingerprint density at radius 2 is 2.24 bits per heavy atom. The van der Waals surface area contributed by atoms with Crippen LogP contribution in [0.5, 0.6) is 0 Å². The number of rotatable bonds is 1. The van der Waals surface area contributed by atoms with Gasteiger partial charge in [-0.2, -0.15) is 0 Å². The fourth-order valence-electron chi connectivity index (χ4n) is 1.62. The van der Waals surface area contributed by atoms with Crippen molar-refractivity contribution in [1.29, 1.82) is 0 Å². The first-order valence-electron chi connectivity index (χ1n) is 5.32. The Morgan fingerprint density at radius 3 is 2.82 bits per heavy atom. The third-order valence-electron chi connectivity index (χ3n) is 2.57. The van der Waals surface area contributed by atoms with Crippen LogP contribution in [0.15, 0.2) is 30.2 Å². The maximum absolute atomic E-state index is 11.9. The Kier molecular flexibility index (Phi) is 2.91. The van der Waals surface area contributed by atoms with Gasteiger partial charge in [-0.15, -0.1) is 0 Å². The molecule has 0 fully saturated rings. The Balaban J connectivity index is 2.14. The smallest absolute Gasteiger partial charge is 0.328 e. The summed E-state index contributed by atoms with van der Waals surface area (Å²) >= 11 is 0. The molecule has 0 atom stereocenters. The molecule has 0 saturated heterocycles. The van der Waals surface area contributed by atoms with Crippen molar-refractivity contribution in [3.05, 3.63) is 35.7 Å². The normalized spacial score (nSPS) is 14.2. The summed E-state index contributed by atoms with van der Waals surface area (Å²) in [5.74, 6) is 0.720. The largest absolute Gasteiger partial charge is 0.476 e. The summed E-state index contributed by atoms with van der Waals surface area (Å²) in [4.78, 5) is 13.4. The lowest BCUT2D eigenvalue weighted by molar-refractivity contribution is 0.162. The maximum atomic E-state index is 11.9. The molecular weight excluding hydrogens is 218 g/mol. The van der Waals surface area contributed by atoms with Crippen molar-refractivity contribution >= 4 is 17.4 Å². The van der Waals surface area contributed by atoms with Crippen molar-refractivity contribution in [2.45, 2.75) is 13.8 Å². The summed E-state index contributed by atoms with van der Waals surface area (Å²) in [6, 6.07) is 5.25. The molecule has 0 spiro atoms. The van der Waals surface area contributed by atoms with E-state index in [1.165, 1.54) is 4.90 Å². The van der Waals surface area contributed by atoms with Gasteiger partial charge in [-0.1, -0.05) is 12.1 Å². The van der Waals surface area contributed by atoms with Crippen LogP contribution in [-0.4, -0.2) is 17.7 Å². The van der Waals surface area contributed by atoms with Crippen LogP contribution in [0.4, 0.5) is 16.2 Å². The zero-order chi connectivity index (χ0) is 12.4. The summed E-state index contributed by atoms with van der Waals surface area (Å²) in [7, 11) is 0. The average Bonchev–Trinajstić information content (AvgIpc) is 2.70. The van der Waals surface area contributed by atoms with Crippen molar-refractivity contribution in [3.8, 4) is 0 Å². The Morgan fingerprint density at radius 1 is 1.47 bits per heavy atom. The van der Waals surface area contributed by atoms with Crippen molar-refractivity contribution < 1.29 is 9.53 Å². The zero-order valence-electron chi connectivity index (χ0n) is 9.86. The minimum atomic E-state index is -0.247. The number of hydrogen-bond acceptors (Lipinski definition) is 3. The number of carbonyl (C=O) groups excluding carboxylic acids is 1. The molecule has 0 radical (unpaired) electrons. The number of allylic oxidation sites excluding steroid dienone is 1. The van der Waals surface area contributed by atoms with Crippen molar-refractivity contribution in [3.63, 3.8) is 0 Å². The van der Waals surface area contributed by atoms with E-state index in [0.717, 1.165) is 11.3 Å². The van der Waals surface area contributed by atoms with Crippen LogP contribution >= 0.6 is 0 Å². The van der Waals surface area contributed by atoms with Crippen molar-refractivity contribution in [1.82, 2.24) is 4.90 Å². The number of anilines is 2.